The molecule has 3 heterocycles. The van der Waals surface area contributed by atoms with Crippen LogP contribution < -0.4 is 20.8 Å². The summed E-state index contributed by atoms with van der Waals surface area (Å²) >= 11 is 0. The molecule has 0 spiro atoms. The minimum atomic E-state index is -1.80. The number of rotatable bonds is 42. The summed E-state index contributed by atoms with van der Waals surface area (Å²) in [6.45, 7) is 8.64. The van der Waals surface area contributed by atoms with E-state index >= 15 is 0 Å². The van der Waals surface area contributed by atoms with Gasteiger partial charge in [-0.3, -0.25) is 19.4 Å². The molecule has 1 aliphatic rings. The number of ether oxygens (including phenoxy) is 12. The average molecular weight is 1090 g/mol. The summed E-state index contributed by atoms with van der Waals surface area (Å²) in [4.78, 5) is 59.1. The molecule has 1 aliphatic heterocycles. The van der Waals surface area contributed by atoms with Crippen LogP contribution in [-0.2, 0) is 66.5 Å². The van der Waals surface area contributed by atoms with E-state index in [1.807, 2.05) is 13.0 Å². The normalized spacial score (nSPS) is 12.2. The van der Waals surface area contributed by atoms with Gasteiger partial charge in [0.25, 0.3) is 12.2 Å². The first-order valence-electron chi connectivity index (χ1n) is 24.6. The first-order chi connectivity index (χ1) is 37.1. The number of aromatic nitrogens is 3. The summed E-state index contributed by atoms with van der Waals surface area (Å²) in [5, 5.41) is 3.83. The Morgan fingerprint density at radius 2 is 1.16 bits per heavy atom. The molecule has 4 N–H and O–H groups in total. The van der Waals surface area contributed by atoms with Crippen molar-refractivity contribution in [1.82, 2.24) is 20.3 Å². The van der Waals surface area contributed by atoms with Crippen molar-refractivity contribution < 1.29 is 98.6 Å². The number of esters is 1. The Labute approximate surface area is 437 Å². The highest BCUT2D eigenvalue weighted by molar-refractivity contribution is 6.05. The van der Waals surface area contributed by atoms with Crippen LogP contribution in [-0.4, -0.2) is 197 Å². The molecular formula is C49H68F4N7O16+. The third-order valence-electron chi connectivity index (χ3n) is 9.87. The number of H-pyrrole nitrogens is 1. The van der Waals surface area contributed by atoms with Gasteiger partial charge < -0.3 is 67.9 Å². The highest BCUT2D eigenvalue weighted by Crippen LogP contribution is 2.30. The maximum atomic E-state index is 13.6. The van der Waals surface area contributed by atoms with E-state index in [9.17, 15) is 31.9 Å². The molecule has 2 aromatic heterocycles. The smallest absolute Gasteiger partial charge is 0.407 e. The second-order valence-electron chi connectivity index (χ2n) is 15.7. The number of halogens is 4. The Hall–Kier alpha value is -5.85. The van der Waals surface area contributed by atoms with E-state index in [-0.39, 0.29) is 77.0 Å². The van der Waals surface area contributed by atoms with Gasteiger partial charge in [-0.1, -0.05) is 11.9 Å². The van der Waals surface area contributed by atoms with Crippen LogP contribution in [0.25, 0.3) is 17.2 Å². The molecular weight excluding hydrogens is 1020 g/mol. The molecule has 0 bridgehead atoms. The number of alkyl carbamates (subject to hydrolysis) is 1. The van der Waals surface area contributed by atoms with Crippen LogP contribution in [0.3, 0.4) is 0 Å². The number of pyridine rings is 1. The topological polar surface area (TPSA) is 265 Å². The highest BCUT2D eigenvalue weighted by Gasteiger charge is 2.25. The minimum Gasteiger partial charge on any atom is -0.447 e. The number of hydroxylamine groups is 2. The van der Waals surface area contributed by atoms with E-state index in [0.29, 0.717) is 129 Å². The van der Waals surface area contributed by atoms with Gasteiger partial charge in [-0.2, -0.15) is 8.78 Å². The molecule has 0 saturated carbocycles. The first-order valence-corrected chi connectivity index (χ1v) is 24.6. The number of nitrogens with zero attached hydrogens (tertiary/aromatic N) is 4. The van der Waals surface area contributed by atoms with Crippen molar-refractivity contribution in [3.63, 3.8) is 0 Å². The Kier molecular flexibility index (Phi) is 31.9. The highest BCUT2D eigenvalue weighted by atomic mass is 19.2. The van der Waals surface area contributed by atoms with E-state index in [4.69, 9.17) is 62.7 Å². The molecule has 0 saturated heterocycles. The number of hydrogen-bond donors (Lipinski definition) is 2. The zero-order chi connectivity index (χ0) is 54.4. The van der Waals surface area contributed by atoms with Crippen molar-refractivity contribution in [3.05, 3.63) is 71.6 Å². The van der Waals surface area contributed by atoms with Crippen LogP contribution in [0.2, 0.25) is 0 Å². The molecule has 1 aromatic carbocycles. The van der Waals surface area contributed by atoms with Gasteiger partial charge in [0.15, 0.2) is 17.8 Å². The molecule has 0 atom stereocenters. The fraction of sp³-hybridized carbons (Fsp3) is 0.571. The summed E-state index contributed by atoms with van der Waals surface area (Å²) in [6.07, 6.45) is 8.07. The number of amides is 2. The van der Waals surface area contributed by atoms with Crippen LogP contribution in [0, 0.1) is 23.3 Å². The zero-order valence-electron chi connectivity index (χ0n) is 42.5. The number of aromatic amines is 1. The molecule has 27 heteroatoms. The number of fused-ring (bicyclic) bond motifs is 1. The maximum Gasteiger partial charge on any atom is 0.407 e. The Bertz CT molecular complexity index is 2200. The summed E-state index contributed by atoms with van der Waals surface area (Å²) in [5.74, 6) is -9.67. The predicted molar refractivity (Wildman–Crippen MR) is 260 cm³/mol. The molecule has 2 amide bonds. The average Bonchev–Trinajstić information content (AvgIpc) is 3.59. The lowest BCUT2D eigenvalue weighted by atomic mass is 10.1. The second kappa shape index (κ2) is 38.7. The Balaban J connectivity index is 0.832. The standard InChI is InChI=1S/C49H67F4N7O16/c1-2-5-60(48(62)36-28-41-42(59-43(54)30-36)29-37(34-58-41)38-32-55-35-56-33-38)75-7-4-57-49(63)74-27-26-73-25-24-72-23-22-71-21-20-70-19-18-69-17-16-68-15-14-67-13-12-66-11-10-65-9-8-64-6-3-44(61)76-47-45(52)39(50)31-40(51)46(47)53/h28-29,31-35H,2-27,30H2,1H3,(H2,54,59)(H,57,63)/p+1. The van der Waals surface area contributed by atoms with Crippen molar-refractivity contribution >= 4 is 35.6 Å². The lowest BCUT2D eigenvalue weighted by Gasteiger charge is -2.22. The van der Waals surface area contributed by atoms with Gasteiger partial charge in [0.1, 0.15) is 12.4 Å². The molecule has 76 heavy (non-hydrogen) atoms. The van der Waals surface area contributed by atoms with Crippen LogP contribution in [0.4, 0.5) is 28.0 Å². The quantitative estimate of drug-likeness (QED) is 0.0206. The van der Waals surface area contributed by atoms with Crippen molar-refractivity contribution in [1.29, 1.82) is 0 Å². The number of nitrogens with one attached hydrogen (secondary N) is 2. The molecule has 23 nitrogen and oxygen atoms in total. The Morgan fingerprint density at radius 3 is 1.64 bits per heavy atom. The van der Waals surface area contributed by atoms with Gasteiger partial charge in [0.05, 0.1) is 168 Å². The SMILES string of the molecule is CCCN(OCCNC(=O)OCCOCCOCCOCCOCCOCCOCCOCCOCCOCCOCCC(=O)Oc1c(F)c(F)cc(F)c1F)C(=O)C1=Cc2ncc(-c3cnc[nH+]c3)cc2N=C(N)C1. The number of amidine groups is 1. The van der Waals surface area contributed by atoms with Gasteiger partial charge in [-0.25, -0.2) is 28.6 Å². The van der Waals surface area contributed by atoms with Gasteiger partial charge >= 0.3 is 12.1 Å². The summed E-state index contributed by atoms with van der Waals surface area (Å²) < 4.78 is 117. The number of benzene rings is 1. The van der Waals surface area contributed by atoms with Gasteiger partial charge in [-0.15, -0.1) is 0 Å². The van der Waals surface area contributed by atoms with Crippen LogP contribution in [0.5, 0.6) is 5.75 Å². The number of aliphatic imine (C=N–C) groups is 1. The van der Waals surface area contributed by atoms with Crippen LogP contribution >= 0.6 is 0 Å². The first kappa shape index (κ1) is 62.7. The molecule has 0 fully saturated rings. The van der Waals surface area contributed by atoms with E-state index in [2.05, 4.69) is 30.0 Å². The fourth-order valence-corrected chi connectivity index (χ4v) is 6.23. The lowest BCUT2D eigenvalue weighted by Crippen LogP contribution is -2.37. The molecule has 0 radical (unpaired) electrons. The molecule has 3 aromatic rings. The molecule has 0 unspecified atom stereocenters. The minimum absolute atomic E-state index is 0.0123. The van der Waals surface area contributed by atoms with Crippen molar-refractivity contribution in [2.75, 3.05) is 158 Å². The second-order valence-corrected chi connectivity index (χ2v) is 15.7. The predicted octanol–water partition coefficient (Wildman–Crippen LogP) is 3.35. The third kappa shape index (κ3) is 25.8. The van der Waals surface area contributed by atoms with Gasteiger partial charge in [0, 0.05) is 42.9 Å². The third-order valence-corrected chi connectivity index (χ3v) is 9.87. The number of carbonyl (C=O) groups excluding carboxylic acids is 3. The molecule has 4 rings (SSSR count). The van der Waals surface area contributed by atoms with Crippen molar-refractivity contribution in [2.24, 2.45) is 10.7 Å². The summed E-state index contributed by atoms with van der Waals surface area (Å²) in [5.41, 5.74) is 9.20. The van der Waals surface area contributed by atoms with Gasteiger partial charge in [-0.05, 0) is 18.6 Å². The van der Waals surface area contributed by atoms with E-state index in [0.717, 1.165) is 11.1 Å². The molecule has 0 aliphatic carbocycles. The Morgan fingerprint density at radius 1 is 0.658 bits per heavy atom. The summed E-state index contributed by atoms with van der Waals surface area (Å²) in [6, 6.07) is 1.85. The van der Waals surface area contributed by atoms with Crippen molar-refractivity contribution in [3.8, 4) is 16.9 Å². The largest absolute Gasteiger partial charge is 0.447 e. The van der Waals surface area contributed by atoms with Crippen LogP contribution in [0.1, 0.15) is 31.9 Å². The number of carbonyl (C=O) groups is 3. The number of hydrogen-bond acceptors (Lipinski definition) is 20. The van der Waals surface area contributed by atoms with E-state index in [1.54, 1.807) is 31.0 Å². The fourth-order valence-electron chi connectivity index (χ4n) is 6.23. The molecule has 422 valence electrons. The number of nitrogens with two attached hydrogens (primary N) is 1. The van der Waals surface area contributed by atoms with Crippen LogP contribution in [0.15, 0.2) is 47.6 Å². The zero-order valence-corrected chi connectivity index (χ0v) is 42.5. The van der Waals surface area contributed by atoms with Gasteiger partial charge in [0.2, 0.25) is 17.4 Å². The monoisotopic (exact) mass is 1090 g/mol. The lowest BCUT2D eigenvalue weighted by molar-refractivity contribution is -0.382. The summed E-state index contributed by atoms with van der Waals surface area (Å²) in [7, 11) is 0. The van der Waals surface area contributed by atoms with Crippen molar-refractivity contribution in [2.45, 2.75) is 26.2 Å². The maximum absolute atomic E-state index is 13.6. The van der Waals surface area contributed by atoms with E-state index in [1.165, 1.54) is 5.06 Å². The van der Waals surface area contributed by atoms with E-state index < -0.39 is 47.5 Å².